The van der Waals surface area contributed by atoms with E-state index < -0.39 is 0 Å². The first-order chi connectivity index (χ1) is 9.61. The molecule has 0 radical (unpaired) electrons. The average molecular weight is 341 g/mol. The number of carbonyl (C=O) groups is 1. The first-order valence-corrected chi connectivity index (χ1v) is 6.73. The lowest BCUT2D eigenvalue weighted by Gasteiger charge is -2.13. The second-order valence-electron chi connectivity index (χ2n) is 3.85. The molecule has 0 aliphatic carbocycles. The van der Waals surface area contributed by atoms with E-state index in [0.717, 1.165) is 0 Å². The summed E-state index contributed by atoms with van der Waals surface area (Å²) in [5.74, 6) is 0.841. The van der Waals surface area contributed by atoms with Gasteiger partial charge in [-0.25, -0.2) is 0 Å². The highest BCUT2D eigenvalue weighted by molar-refractivity contribution is 9.18. The molecule has 0 amide bonds. The van der Waals surface area contributed by atoms with Crippen molar-refractivity contribution in [2.24, 2.45) is 0 Å². The first-order valence-electron chi connectivity index (χ1n) is 5.94. The number of halogens is 1. The molecule has 1 aromatic heterocycles. The molecule has 6 nitrogen and oxygen atoms in total. The van der Waals surface area contributed by atoms with Crippen LogP contribution in [0.25, 0.3) is 0 Å². The highest BCUT2D eigenvalue weighted by Crippen LogP contribution is 2.26. The van der Waals surface area contributed by atoms with Crippen molar-refractivity contribution in [3.05, 3.63) is 41.6 Å². The van der Waals surface area contributed by atoms with E-state index in [-0.39, 0.29) is 17.2 Å². The summed E-state index contributed by atoms with van der Waals surface area (Å²) in [5.41, 5.74) is 1.10. The molecule has 0 saturated heterocycles. The maximum absolute atomic E-state index is 11.6. The zero-order valence-electron chi connectivity index (χ0n) is 10.7. The average Bonchev–Trinajstić information content (AvgIpc) is 2.83. The van der Waals surface area contributed by atoms with Gasteiger partial charge in [-0.3, -0.25) is 4.79 Å². The van der Waals surface area contributed by atoms with Gasteiger partial charge in [-0.1, -0.05) is 11.2 Å². The third-order valence-corrected chi connectivity index (χ3v) is 2.99. The van der Waals surface area contributed by atoms with Gasteiger partial charge in [0.05, 0.1) is 12.8 Å². The minimum Gasteiger partial charge on any atom is -0.493 e. The molecule has 1 heterocycles. The summed E-state index contributed by atoms with van der Waals surface area (Å²) in [6.45, 7) is 2.46. The normalized spacial score (nSPS) is 10.3. The van der Waals surface area contributed by atoms with E-state index in [1.54, 1.807) is 18.2 Å². The standard InChI is InChI=1S/C13H13BrN2O4/c1-2-19-11-5-3-4-9(13(14)17)10(11)8-20-12-6-7-16(18)15-12/h3-7,18H,2,8H2,1H3. The number of benzene rings is 1. The third-order valence-electron chi connectivity index (χ3n) is 2.56. The van der Waals surface area contributed by atoms with Crippen molar-refractivity contribution in [1.82, 2.24) is 9.94 Å². The molecule has 0 saturated carbocycles. The Morgan fingerprint density at radius 1 is 1.40 bits per heavy atom. The van der Waals surface area contributed by atoms with Crippen LogP contribution in [-0.4, -0.2) is 26.5 Å². The number of rotatable bonds is 6. The van der Waals surface area contributed by atoms with E-state index in [4.69, 9.17) is 14.7 Å². The lowest BCUT2D eigenvalue weighted by atomic mass is 10.1. The molecule has 1 aromatic carbocycles. The Kier molecular flexibility index (Phi) is 4.62. The molecule has 1 N–H and O–H groups in total. The molecule has 0 fully saturated rings. The first kappa shape index (κ1) is 14.4. The molecule has 2 aromatic rings. The maximum atomic E-state index is 11.6. The van der Waals surface area contributed by atoms with E-state index in [1.165, 1.54) is 12.3 Å². The molecule has 0 atom stereocenters. The van der Waals surface area contributed by atoms with E-state index in [1.807, 2.05) is 6.92 Å². The van der Waals surface area contributed by atoms with Crippen LogP contribution in [-0.2, 0) is 6.61 Å². The second-order valence-corrected chi connectivity index (χ2v) is 4.57. The summed E-state index contributed by atoms with van der Waals surface area (Å²) in [7, 11) is 0. The molecular weight excluding hydrogens is 328 g/mol. The van der Waals surface area contributed by atoms with E-state index in [0.29, 0.717) is 28.3 Å². The Labute approximate surface area is 124 Å². The summed E-state index contributed by atoms with van der Waals surface area (Å²) in [5, 5.41) is 12.8. The van der Waals surface area contributed by atoms with Crippen molar-refractivity contribution in [2.75, 3.05) is 6.61 Å². The van der Waals surface area contributed by atoms with Crippen LogP contribution in [0.2, 0.25) is 0 Å². The van der Waals surface area contributed by atoms with Crippen molar-refractivity contribution >= 4 is 20.6 Å². The maximum Gasteiger partial charge on any atom is 0.236 e. The fraction of sp³-hybridized carbons (Fsp3) is 0.231. The number of nitrogens with zero attached hydrogens (tertiary/aromatic N) is 2. The SMILES string of the molecule is CCOc1cccc(C(=O)Br)c1COc1ccn(O)n1. The largest absolute Gasteiger partial charge is 0.493 e. The highest BCUT2D eigenvalue weighted by Gasteiger charge is 2.15. The number of aromatic nitrogens is 2. The Bertz CT molecular complexity index is 612. The van der Waals surface area contributed by atoms with E-state index in [9.17, 15) is 4.79 Å². The van der Waals surface area contributed by atoms with Crippen LogP contribution in [0.1, 0.15) is 22.8 Å². The molecule has 106 valence electrons. The molecule has 0 bridgehead atoms. The summed E-state index contributed by atoms with van der Waals surface area (Å²) < 4.78 is 10.7. The zero-order valence-corrected chi connectivity index (χ0v) is 12.3. The van der Waals surface area contributed by atoms with Crippen molar-refractivity contribution in [3.8, 4) is 11.6 Å². The Hall–Kier alpha value is -2.02. The smallest absolute Gasteiger partial charge is 0.236 e. The fourth-order valence-electron chi connectivity index (χ4n) is 1.71. The third kappa shape index (κ3) is 3.30. The van der Waals surface area contributed by atoms with Gasteiger partial charge in [0.1, 0.15) is 12.4 Å². The highest BCUT2D eigenvalue weighted by atomic mass is 79.9. The van der Waals surface area contributed by atoms with Crippen molar-refractivity contribution in [1.29, 1.82) is 0 Å². The predicted octanol–water partition coefficient (Wildman–Crippen LogP) is 2.63. The van der Waals surface area contributed by atoms with Gasteiger partial charge < -0.3 is 14.7 Å². The van der Waals surface area contributed by atoms with Crippen LogP contribution < -0.4 is 9.47 Å². The van der Waals surface area contributed by atoms with Crippen molar-refractivity contribution < 1.29 is 19.5 Å². The Balaban J connectivity index is 2.25. The van der Waals surface area contributed by atoms with Crippen LogP contribution in [0.4, 0.5) is 0 Å². The predicted molar refractivity (Wildman–Crippen MR) is 74.6 cm³/mol. The summed E-state index contributed by atoms with van der Waals surface area (Å²) in [4.78, 5) is 12.2. The summed E-state index contributed by atoms with van der Waals surface area (Å²) in [6.07, 6.45) is 1.35. The lowest BCUT2D eigenvalue weighted by Crippen LogP contribution is -2.06. The van der Waals surface area contributed by atoms with Crippen LogP contribution in [0, 0.1) is 0 Å². The zero-order chi connectivity index (χ0) is 14.5. The number of carbonyl (C=O) groups excluding carboxylic acids is 1. The van der Waals surface area contributed by atoms with Gasteiger partial charge in [0.15, 0.2) is 0 Å². The van der Waals surface area contributed by atoms with Gasteiger partial charge in [-0.2, -0.15) is 0 Å². The molecule has 0 unspecified atom stereocenters. The van der Waals surface area contributed by atoms with E-state index in [2.05, 4.69) is 21.0 Å². The fourth-order valence-corrected chi connectivity index (χ4v) is 2.08. The lowest BCUT2D eigenvalue weighted by molar-refractivity contribution is 0.109. The van der Waals surface area contributed by atoms with E-state index >= 15 is 0 Å². The molecule has 0 aliphatic rings. The summed E-state index contributed by atoms with van der Waals surface area (Å²) in [6, 6.07) is 6.71. The minimum atomic E-state index is -0.245. The van der Waals surface area contributed by atoms with Crippen LogP contribution >= 0.6 is 15.9 Å². The minimum absolute atomic E-state index is 0.111. The van der Waals surface area contributed by atoms with Crippen molar-refractivity contribution in [3.63, 3.8) is 0 Å². The van der Waals surface area contributed by atoms with Crippen LogP contribution in [0.15, 0.2) is 30.5 Å². The van der Waals surface area contributed by atoms with Crippen LogP contribution in [0.5, 0.6) is 11.6 Å². The number of ether oxygens (including phenoxy) is 2. The Morgan fingerprint density at radius 2 is 2.20 bits per heavy atom. The topological polar surface area (TPSA) is 73.6 Å². The molecular formula is C13H13BrN2O4. The molecule has 0 spiro atoms. The van der Waals surface area contributed by atoms with Gasteiger partial charge in [0, 0.05) is 17.2 Å². The number of hydrogen-bond acceptors (Lipinski definition) is 5. The van der Waals surface area contributed by atoms with Gasteiger partial charge >= 0.3 is 0 Å². The van der Waals surface area contributed by atoms with Gasteiger partial charge in [-0.15, -0.1) is 4.85 Å². The second kappa shape index (κ2) is 6.42. The molecule has 0 aliphatic heterocycles. The number of hydrogen-bond donors (Lipinski definition) is 1. The van der Waals surface area contributed by atoms with Gasteiger partial charge in [0.25, 0.3) is 0 Å². The molecule has 7 heteroatoms. The van der Waals surface area contributed by atoms with Gasteiger partial charge in [-0.05, 0) is 35.0 Å². The Morgan fingerprint density at radius 3 is 2.80 bits per heavy atom. The monoisotopic (exact) mass is 340 g/mol. The van der Waals surface area contributed by atoms with Crippen LogP contribution in [0.3, 0.4) is 0 Å². The summed E-state index contributed by atoms with van der Waals surface area (Å²) >= 11 is 2.94. The molecule has 2 rings (SSSR count). The quantitative estimate of drug-likeness (QED) is 0.646. The van der Waals surface area contributed by atoms with Crippen molar-refractivity contribution in [2.45, 2.75) is 13.5 Å². The molecule has 20 heavy (non-hydrogen) atoms. The van der Waals surface area contributed by atoms with Gasteiger partial charge in [0.2, 0.25) is 10.6 Å².